The van der Waals surface area contributed by atoms with Crippen LogP contribution in [0.2, 0.25) is 0 Å². The Morgan fingerprint density at radius 3 is 2.25 bits per heavy atom. The number of nitrogens with zero attached hydrogens (tertiary/aromatic N) is 1. The van der Waals surface area contributed by atoms with E-state index in [9.17, 15) is 18.4 Å². The Morgan fingerprint density at radius 1 is 0.900 bits per heavy atom. The summed E-state index contributed by atoms with van der Waals surface area (Å²) in [7, 11) is 0. The van der Waals surface area contributed by atoms with Crippen LogP contribution in [0.25, 0.3) is 0 Å². The Kier molecular flexibility index (Phi) is 2.82. The van der Waals surface area contributed by atoms with Crippen molar-refractivity contribution in [3.8, 4) is 0 Å². The van der Waals surface area contributed by atoms with Crippen molar-refractivity contribution in [1.82, 2.24) is 0 Å². The van der Waals surface area contributed by atoms with Crippen molar-refractivity contribution >= 4 is 17.4 Å². The molecule has 100 valence electrons. The zero-order chi connectivity index (χ0) is 14.3. The Bertz CT molecular complexity index is 710. The molecule has 0 fully saturated rings. The molecule has 20 heavy (non-hydrogen) atoms. The standard InChI is InChI=1S/C15H9F2NO2/c16-10-3-1-9(2-4-10)8-18-13-7-11(17)5-6-12(13)14(19)15(18)20/h1-7H,8H2. The number of fused-ring (bicyclic) bond motifs is 1. The number of hydrogen-bond acceptors (Lipinski definition) is 2. The molecule has 1 aliphatic rings. The zero-order valence-electron chi connectivity index (χ0n) is 10.3. The van der Waals surface area contributed by atoms with Crippen LogP contribution >= 0.6 is 0 Å². The third-order valence-corrected chi connectivity index (χ3v) is 3.19. The first-order chi connectivity index (χ1) is 9.56. The number of carbonyl (C=O) groups is 2. The quantitative estimate of drug-likeness (QED) is 0.789. The van der Waals surface area contributed by atoms with Crippen molar-refractivity contribution in [2.45, 2.75) is 6.54 Å². The molecule has 1 heterocycles. The van der Waals surface area contributed by atoms with Gasteiger partial charge in [0, 0.05) is 0 Å². The Labute approximate surface area is 113 Å². The summed E-state index contributed by atoms with van der Waals surface area (Å²) in [4.78, 5) is 24.9. The van der Waals surface area contributed by atoms with Gasteiger partial charge in [-0.05, 0) is 35.9 Å². The maximum atomic E-state index is 13.3. The van der Waals surface area contributed by atoms with Crippen LogP contribution in [-0.2, 0) is 11.3 Å². The number of carbonyl (C=O) groups excluding carboxylic acids is 2. The molecule has 0 bridgehead atoms. The van der Waals surface area contributed by atoms with Gasteiger partial charge >= 0.3 is 0 Å². The Hall–Kier alpha value is -2.56. The highest BCUT2D eigenvalue weighted by molar-refractivity contribution is 6.52. The minimum atomic E-state index is -0.699. The van der Waals surface area contributed by atoms with Crippen molar-refractivity contribution in [2.24, 2.45) is 0 Å². The van der Waals surface area contributed by atoms with Crippen LogP contribution in [0.1, 0.15) is 15.9 Å². The first-order valence-electron chi connectivity index (χ1n) is 5.96. The van der Waals surface area contributed by atoms with Gasteiger partial charge in [0.15, 0.2) is 0 Å². The van der Waals surface area contributed by atoms with Gasteiger partial charge in [0.25, 0.3) is 11.7 Å². The monoisotopic (exact) mass is 273 g/mol. The van der Waals surface area contributed by atoms with Gasteiger partial charge in [0.05, 0.1) is 17.8 Å². The predicted octanol–water partition coefficient (Wildman–Crippen LogP) is 2.69. The number of benzene rings is 2. The highest BCUT2D eigenvalue weighted by Gasteiger charge is 2.35. The fraction of sp³-hybridized carbons (Fsp3) is 0.0667. The first-order valence-corrected chi connectivity index (χ1v) is 5.96. The summed E-state index contributed by atoms with van der Waals surface area (Å²) in [5.74, 6) is -2.25. The molecular formula is C15H9F2NO2. The second-order valence-electron chi connectivity index (χ2n) is 4.51. The van der Waals surface area contributed by atoms with Gasteiger partial charge in [-0.25, -0.2) is 8.78 Å². The molecule has 0 radical (unpaired) electrons. The number of anilines is 1. The van der Waals surface area contributed by atoms with Crippen molar-refractivity contribution in [3.05, 3.63) is 65.2 Å². The van der Waals surface area contributed by atoms with Crippen molar-refractivity contribution in [1.29, 1.82) is 0 Å². The summed E-state index contributed by atoms with van der Waals surface area (Å²) < 4.78 is 26.1. The van der Waals surface area contributed by atoms with Crippen LogP contribution in [0.5, 0.6) is 0 Å². The van der Waals surface area contributed by atoms with Crippen molar-refractivity contribution in [3.63, 3.8) is 0 Å². The third kappa shape index (κ3) is 1.97. The molecule has 2 aromatic rings. The van der Waals surface area contributed by atoms with Crippen molar-refractivity contribution in [2.75, 3.05) is 4.90 Å². The summed E-state index contributed by atoms with van der Waals surface area (Å²) in [6.45, 7) is 0.0985. The van der Waals surface area contributed by atoms with E-state index in [4.69, 9.17) is 0 Å². The third-order valence-electron chi connectivity index (χ3n) is 3.19. The lowest BCUT2D eigenvalue weighted by Gasteiger charge is -2.16. The first kappa shape index (κ1) is 12.5. The SMILES string of the molecule is O=C1C(=O)N(Cc2ccc(F)cc2)c2cc(F)ccc21. The molecule has 0 atom stereocenters. The van der Waals surface area contributed by atoms with Crippen LogP contribution in [0.15, 0.2) is 42.5 Å². The summed E-state index contributed by atoms with van der Waals surface area (Å²) in [5, 5.41) is 0. The van der Waals surface area contributed by atoms with Gasteiger partial charge in [-0.15, -0.1) is 0 Å². The average molecular weight is 273 g/mol. The second-order valence-corrected chi connectivity index (χ2v) is 4.51. The van der Waals surface area contributed by atoms with Crippen molar-refractivity contribution < 1.29 is 18.4 Å². The highest BCUT2D eigenvalue weighted by Crippen LogP contribution is 2.30. The molecule has 0 spiro atoms. The number of halogens is 2. The lowest BCUT2D eigenvalue weighted by atomic mass is 10.1. The van der Waals surface area contributed by atoms with Gasteiger partial charge in [0.2, 0.25) is 0 Å². The molecule has 2 aromatic carbocycles. The summed E-state index contributed by atoms with van der Waals surface area (Å²) >= 11 is 0. The number of ketones is 1. The molecular weight excluding hydrogens is 264 g/mol. The molecule has 5 heteroatoms. The highest BCUT2D eigenvalue weighted by atomic mass is 19.1. The van der Waals surface area contributed by atoms with E-state index in [2.05, 4.69) is 0 Å². The molecule has 3 nitrogen and oxygen atoms in total. The number of hydrogen-bond donors (Lipinski definition) is 0. The van der Waals surface area contributed by atoms with Gasteiger partial charge in [-0.1, -0.05) is 12.1 Å². The van der Waals surface area contributed by atoms with Crippen LogP contribution in [0, 0.1) is 11.6 Å². The predicted molar refractivity (Wildman–Crippen MR) is 68.3 cm³/mol. The van der Waals surface area contributed by atoms with E-state index < -0.39 is 17.5 Å². The van der Waals surface area contributed by atoms with Crippen LogP contribution in [0.4, 0.5) is 14.5 Å². The topological polar surface area (TPSA) is 37.4 Å². The normalized spacial score (nSPS) is 13.8. The summed E-state index contributed by atoms with van der Waals surface area (Å²) in [6.07, 6.45) is 0. The van der Waals surface area contributed by atoms with Crippen LogP contribution in [0.3, 0.4) is 0 Å². The lowest BCUT2D eigenvalue weighted by Crippen LogP contribution is -2.29. The summed E-state index contributed by atoms with van der Waals surface area (Å²) in [5.41, 5.74) is 1.10. The Balaban J connectivity index is 1.98. The maximum absolute atomic E-state index is 13.3. The Morgan fingerprint density at radius 2 is 1.55 bits per heavy atom. The van der Waals surface area contributed by atoms with E-state index in [1.54, 1.807) is 0 Å². The lowest BCUT2D eigenvalue weighted by molar-refractivity contribution is -0.114. The van der Waals surface area contributed by atoms with E-state index in [1.165, 1.54) is 35.2 Å². The largest absolute Gasteiger partial charge is 0.300 e. The zero-order valence-corrected chi connectivity index (χ0v) is 10.3. The number of rotatable bonds is 2. The van der Waals surface area contributed by atoms with E-state index in [0.29, 0.717) is 5.56 Å². The molecule has 0 N–H and O–H groups in total. The summed E-state index contributed by atoms with van der Waals surface area (Å²) in [6, 6.07) is 9.17. The van der Waals surface area contributed by atoms with E-state index >= 15 is 0 Å². The molecule has 0 unspecified atom stereocenters. The second kappa shape index (κ2) is 4.52. The fourth-order valence-electron chi connectivity index (χ4n) is 2.20. The average Bonchev–Trinajstić information content (AvgIpc) is 2.66. The van der Waals surface area contributed by atoms with E-state index in [1.807, 2.05) is 0 Å². The molecule has 1 amide bonds. The van der Waals surface area contributed by atoms with Gasteiger partial charge < -0.3 is 4.90 Å². The molecule has 0 aliphatic carbocycles. The molecule has 0 saturated carbocycles. The minimum absolute atomic E-state index is 0.0985. The number of Topliss-reactive ketones (excluding diaryl/α,β-unsaturated/α-hetero) is 1. The van der Waals surface area contributed by atoms with Gasteiger partial charge in [0.1, 0.15) is 11.6 Å². The van der Waals surface area contributed by atoms with Gasteiger partial charge in [-0.2, -0.15) is 0 Å². The van der Waals surface area contributed by atoms with E-state index in [-0.39, 0.29) is 23.6 Å². The molecule has 3 rings (SSSR count). The molecule has 1 aliphatic heterocycles. The number of amides is 1. The molecule has 0 aromatic heterocycles. The van der Waals surface area contributed by atoms with Gasteiger partial charge in [-0.3, -0.25) is 9.59 Å². The van der Waals surface area contributed by atoms with Crippen LogP contribution < -0.4 is 4.90 Å². The minimum Gasteiger partial charge on any atom is -0.300 e. The maximum Gasteiger partial charge on any atom is 0.299 e. The van der Waals surface area contributed by atoms with Crippen LogP contribution in [-0.4, -0.2) is 11.7 Å². The smallest absolute Gasteiger partial charge is 0.299 e. The fourth-order valence-corrected chi connectivity index (χ4v) is 2.20. The van der Waals surface area contributed by atoms with E-state index in [0.717, 1.165) is 12.1 Å². The molecule has 0 saturated heterocycles.